The zero-order valence-electron chi connectivity index (χ0n) is 39.6. The van der Waals surface area contributed by atoms with Crippen molar-refractivity contribution in [2.75, 3.05) is 13.2 Å². The summed E-state index contributed by atoms with van der Waals surface area (Å²) in [5.74, 6) is -0.633. The largest absolute Gasteiger partial charge is 0.462 e. The van der Waals surface area contributed by atoms with Gasteiger partial charge in [0.05, 0.1) is 6.61 Å². The Morgan fingerprint density at radius 1 is 0.371 bits per heavy atom. The number of unbranched alkanes of at least 4 members (excludes halogenated alkanes) is 13. The Labute approximate surface area is 381 Å². The molecule has 0 aromatic rings. The fourth-order valence-corrected chi connectivity index (χ4v) is 6.29. The summed E-state index contributed by atoms with van der Waals surface area (Å²) in [5, 5.41) is 9.62. The molecular weight excluding hydrogens is 765 g/mol. The van der Waals surface area contributed by atoms with E-state index in [1.165, 1.54) is 32.1 Å². The van der Waals surface area contributed by atoms with Gasteiger partial charge in [-0.15, -0.1) is 0 Å². The van der Waals surface area contributed by atoms with Crippen LogP contribution in [-0.2, 0) is 19.1 Å². The van der Waals surface area contributed by atoms with E-state index in [0.717, 1.165) is 135 Å². The summed E-state index contributed by atoms with van der Waals surface area (Å²) >= 11 is 0. The van der Waals surface area contributed by atoms with Crippen LogP contribution in [0.15, 0.2) is 134 Å². The van der Waals surface area contributed by atoms with E-state index in [1.807, 2.05) is 0 Å². The number of esters is 2. The summed E-state index contributed by atoms with van der Waals surface area (Å²) < 4.78 is 10.7. The first-order valence-electron chi connectivity index (χ1n) is 24.7. The Hall–Kier alpha value is -3.96. The van der Waals surface area contributed by atoms with Crippen molar-refractivity contribution in [1.29, 1.82) is 0 Å². The van der Waals surface area contributed by atoms with E-state index in [1.54, 1.807) is 0 Å². The van der Waals surface area contributed by atoms with Gasteiger partial charge in [-0.05, 0) is 109 Å². The highest BCUT2D eigenvalue weighted by atomic mass is 16.6. The van der Waals surface area contributed by atoms with Crippen molar-refractivity contribution in [3.63, 3.8) is 0 Å². The molecule has 5 heteroatoms. The lowest BCUT2D eigenvalue weighted by Gasteiger charge is -2.15. The van der Waals surface area contributed by atoms with Gasteiger partial charge in [-0.1, -0.05) is 205 Å². The van der Waals surface area contributed by atoms with Crippen LogP contribution in [0.25, 0.3) is 0 Å². The minimum absolute atomic E-state index is 0.0877. The number of allylic oxidation sites excluding steroid dienone is 22. The van der Waals surface area contributed by atoms with E-state index in [-0.39, 0.29) is 25.2 Å². The van der Waals surface area contributed by atoms with Crippen LogP contribution in [-0.4, -0.2) is 36.4 Å². The number of aliphatic hydroxyl groups excluding tert-OH is 1. The molecule has 1 atom stereocenters. The Balaban J connectivity index is 3.65. The molecule has 348 valence electrons. The van der Waals surface area contributed by atoms with Gasteiger partial charge in [-0.2, -0.15) is 0 Å². The first kappa shape index (κ1) is 58.0. The van der Waals surface area contributed by atoms with Crippen LogP contribution >= 0.6 is 0 Å². The minimum atomic E-state index is -0.797. The van der Waals surface area contributed by atoms with Gasteiger partial charge in [-0.3, -0.25) is 9.59 Å². The Morgan fingerprint density at radius 2 is 0.645 bits per heavy atom. The molecule has 0 radical (unpaired) electrons. The molecule has 0 heterocycles. The van der Waals surface area contributed by atoms with E-state index < -0.39 is 6.10 Å². The van der Waals surface area contributed by atoms with Crippen LogP contribution < -0.4 is 0 Å². The third-order valence-electron chi connectivity index (χ3n) is 9.94. The highest BCUT2D eigenvalue weighted by Gasteiger charge is 2.16. The zero-order chi connectivity index (χ0) is 44.9. The highest BCUT2D eigenvalue weighted by Crippen LogP contribution is 2.13. The van der Waals surface area contributed by atoms with Gasteiger partial charge in [-0.25, -0.2) is 0 Å². The summed E-state index contributed by atoms with van der Waals surface area (Å²) in [4.78, 5) is 24.4. The Kier molecular flexibility index (Phi) is 48.1. The van der Waals surface area contributed by atoms with Crippen molar-refractivity contribution >= 4 is 11.9 Å². The second-order valence-electron chi connectivity index (χ2n) is 15.8. The summed E-state index contributed by atoms with van der Waals surface area (Å²) in [6, 6.07) is 0. The molecule has 1 N–H and O–H groups in total. The van der Waals surface area contributed by atoms with Crippen molar-refractivity contribution in [3.05, 3.63) is 134 Å². The molecule has 5 nitrogen and oxygen atoms in total. The molecule has 62 heavy (non-hydrogen) atoms. The average Bonchev–Trinajstić information content (AvgIpc) is 3.28. The molecule has 0 aliphatic heterocycles. The predicted molar refractivity (Wildman–Crippen MR) is 269 cm³/mol. The number of hydrogen-bond donors (Lipinski definition) is 1. The van der Waals surface area contributed by atoms with Gasteiger partial charge in [0.15, 0.2) is 6.10 Å². The highest BCUT2D eigenvalue weighted by molar-refractivity contribution is 5.70. The quantitative estimate of drug-likeness (QED) is 0.0376. The zero-order valence-corrected chi connectivity index (χ0v) is 39.6. The number of carbonyl (C=O) groups excluding carboxylic acids is 2. The molecular formula is C57H90O5. The van der Waals surface area contributed by atoms with Crippen molar-refractivity contribution in [2.24, 2.45) is 0 Å². The molecule has 0 aliphatic carbocycles. The average molecular weight is 855 g/mol. The summed E-state index contributed by atoms with van der Waals surface area (Å²) in [6.07, 6.45) is 76.7. The molecule has 1 unspecified atom stereocenters. The van der Waals surface area contributed by atoms with Crippen LogP contribution in [0.3, 0.4) is 0 Å². The second-order valence-corrected chi connectivity index (χ2v) is 15.8. The molecule has 0 amide bonds. The molecule has 0 saturated heterocycles. The van der Waals surface area contributed by atoms with E-state index in [4.69, 9.17) is 9.47 Å². The van der Waals surface area contributed by atoms with Crippen LogP contribution in [0.1, 0.15) is 194 Å². The van der Waals surface area contributed by atoms with Crippen molar-refractivity contribution in [2.45, 2.75) is 200 Å². The predicted octanol–water partition coefficient (Wildman–Crippen LogP) is 16.5. The lowest BCUT2D eigenvalue weighted by atomic mass is 10.1. The summed E-state index contributed by atoms with van der Waals surface area (Å²) in [7, 11) is 0. The Bertz CT molecular complexity index is 1330. The van der Waals surface area contributed by atoms with Gasteiger partial charge in [0.2, 0.25) is 0 Å². The van der Waals surface area contributed by atoms with Crippen molar-refractivity contribution < 1.29 is 24.2 Å². The maximum atomic E-state index is 12.3. The molecule has 0 aliphatic rings. The van der Waals surface area contributed by atoms with Gasteiger partial charge in [0, 0.05) is 12.8 Å². The minimum Gasteiger partial charge on any atom is -0.462 e. The lowest BCUT2D eigenvalue weighted by molar-refractivity contribution is -0.161. The van der Waals surface area contributed by atoms with Gasteiger partial charge in [0.1, 0.15) is 6.61 Å². The number of rotatable bonds is 43. The topological polar surface area (TPSA) is 72.8 Å². The maximum absolute atomic E-state index is 12.3. The van der Waals surface area contributed by atoms with Gasteiger partial charge in [0.25, 0.3) is 0 Å². The smallest absolute Gasteiger partial charge is 0.306 e. The first-order valence-corrected chi connectivity index (χ1v) is 24.7. The summed E-state index contributed by atoms with van der Waals surface area (Å²) in [5.41, 5.74) is 0. The van der Waals surface area contributed by atoms with E-state index in [2.05, 4.69) is 148 Å². The van der Waals surface area contributed by atoms with E-state index in [9.17, 15) is 14.7 Å². The molecule has 0 bridgehead atoms. The van der Waals surface area contributed by atoms with Crippen LogP contribution in [0.4, 0.5) is 0 Å². The number of hydrogen-bond acceptors (Lipinski definition) is 5. The molecule has 0 spiro atoms. The molecule has 0 fully saturated rings. The third kappa shape index (κ3) is 48.7. The van der Waals surface area contributed by atoms with E-state index >= 15 is 0 Å². The number of carbonyl (C=O) groups is 2. The van der Waals surface area contributed by atoms with Crippen molar-refractivity contribution in [1.82, 2.24) is 0 Å². The lowest BCUT2D eigenvalue weighted by Crippen LogP contribution is -2.28. The first-order chi connectivity index (χ1) is 30.6. The van der Waals surface area contributed by atoms with Crippen LogP contribution in [0.2, 0.25) is 0 Å². The third-order valence-corrected chi connectivity index (χ3v) is 9.94. The van der Waals surface area contributed by atoms with Crippen LogP contribution in [0.5, 0.6) is 0 Å². The standard InChI is InChI=1S/C57H90O5/c1-3-5-7-9-11-13-15-17-19-21-23-25-26-27-28-29-30-32-34-36-38-40-42-44-46-48-50-52-57(60)62-55(53-58)54-61-56(59)51-49-47-45-43-41-39-37-35-33-31-24-22-20-18-16-14-12-10-8-6-4-2/h5-8,11-14,17-20,23-25,27-28,30-32,36,38,55,58H,3-4,9-10,15-16,21-22,26,29,33-35,37,39-54H2,1-2H3/b7-5-,8-6-,13-11-,14-12-,19-17-,20-18-,25-23-,28-27-,31-24-,32-30-,38-36-. The molecule has 0 aromatic carbocycles. The molecule has 0 aromatic heterocycles. The fourth-order valence-electron chi connectivity index (χ4n) is 6.29. The summed E-state index contributed by atoms with van der Waals surface area (Å²) in [6.45, 7) is 3.88. The normalized spacial score (nSPS) is 13.4. The number of aliphatic hydroxyl groups is 1. The van der Waals surface area contributed by atoms with Crippen LogP contribution in [0, 0.1) is 0 Å². The van der Waals surface area contributed by atoms with Gasteiger partial charge < -0.3 is 14.6 Å². The monoisotopic (exact) mass is 855 g/mol. The Morgan fingerprint density at radius 3 is 0.968 bits per heavy atom. The molecule has 0 rings (SSSR count). The number of ether oxygens (including phenoxy) is 2. The van der Waals surface area contributed by atoms with E-state index in [0.29, 0.717) is 12.8 Å². The second kappa shape index (κ2) is 51.4. The fraction of sp³-hybridized carbons (Fsp3) is 0.579. The molecule has 0 saturated carbocycles. The van der Waals surface area contributed by atoms with Gasteiger partial charge >= 0.3 is 11.9 Å². The van der Waals surface area contributed by atoms with Crippen molar-refractivity contribution in [3.8, 4) is 0 Å². The maximum Gasteiger partial charge on any atom is 0.306 e. The SMILES string of the molecule is CC/C=C\C/C=C\C/C=C\C/C=C\C/C=C\C/C=C\C/C=C\CCCCCCCC(=O)OC(CO)COC(=O)CCCCCCCCCC/C=C\C/C=C\C/C=C\C/C=C\CC.